The fraction of sp³-hybridized carbons (Fsp3) is 0.235. The molecule has 2 aromatic heterocycles. The molecule has 0 aliphatic rings. The van der Waals surface area contributed by atoms with Gasteiger partial charge in [-0.25, -0.2) is 4.79 Å². The van der Waals surface area contributed by atoms with Crippen LogP contribution in [0.5, 0.6) is 0 Å². The number of aromatic nitrogens is 2. The van der Waals surface area contributed by atoms with Crippen molar-refractivity contribution in [3.05, 3.63) is 131 Å². The molecular formula is C34H37N5O5. The highest BCUT2D eigenvalue weighted by molar-refractivity contribution is 6.34. The zero-order valence-electron chi connectivity index (χ0n) is 25.2. The number of rotatable bonds is 9. The van der Waals surface area contributed by atoms with Crippen LogP contribution in [-0.2, 0) is 50.1 Å². The van der Waals surface area contributed by atoms with Crippen LogP contribution in [0.25, 0.3) is 0 Å². The summed E-state index contributed by atoms with van der Waals surface area (Å²) < 4.78 is 4.84. The highest BCUT2D eigenvalue weighted by Gasteiger charge is 2.24. The number of esters is 1. The van der Waals surface area contributed by atoms with E-state index in [1.165, 1.54) is 9.80 Å². The molecule has 0 aliphatic heterocycles. The lowest BCUT2D eigenvalue weighted by molar-refractivity contribution is -0.160. The third-order valence-corrected chi connectivity index (χ3v) is 6.58. The zero-order valence-corrected chi connectivity index (χ0v) is 25.2. The Morgan fingerprint density at radius 3 is 1.45 bits per heavy atom. The maximum atomic E-state index is 12.4. The second kappa shape index (κ2) is 16.9. The van der Waals surface area contributed by atoms with Crippen molar-refractivity contribution in [1.82, 2.24) is 19.8 Å². The van der Waals surface area contributed by atoms with Crippen molar-refractivity contribution in [2.75, 3.05) is 6.61 Å². The minimum Gasteiger partial charge on any atom is -0.459 e. The summed E-state index contributed by atoms with van der Waals surface area (Å²) in [7, 11) is 0. The van der Waals surface area contributed by atoms with E-state index < -0.39 is 23.7 Å². The number of carbonyl (C=O) groups is 4. The molecule has 228 valence electrons. The number of amides is 3. The number of aryl methyl sites for hydroxylation is 2. The second-order valence-electron chi connectivity index (χ2n) is 9.91. The Hall–Kier alpha value is -5.38. The molecule has 44 heavy (non-hydrogen) atoms. The number of nitrogens with two attached hydrogens (primary N) is 1. The molecule has 0 saturated heterocycles. The highest BCUT2D eigenvalue weighted by atomic mass is 16.5. The van der Waals surface area contributed by atoms with Crippen LogP contribution in [0, 0.1) is 13.8 Å². The van der Waals surface area contributed by atoms with Crippen LogP contribution < -0.4 is 5.73 Å². The Morgan fingerprint density at radius 1 is 0.636 bits per heavy atom. The number of hydrogen-bond donors (Lipinski definition) is 1. The van der Waals surface area contributed by atoms with E-state index >= 15 is 0 Å². The van der Waals surface area contributed by atoms with Gasteiger partial charge in [-0.05, 0) is 55.2 Å². The van der Waals surface area contributed by atoms with Crippen molar-refractivity contribution in [3.63, 3.8) is 0 Å². The van der Waals surface area contributed by atoms with Crippen molar-refractivity contribution in [2.24, 2.45) is 5.73 Å². The number of carbonyl (C=O) groups excluding carboxylic acids is 4. The zero-order chi connectivity index (χ0) is 31.9. The summed E-state index contributed by atoms with van der Waals surface area (Å²) >= 11 is 0. The maximum Gasteiger partial charge on any atom is 0.397 e. The topological polar surface area (TPSA) is 136 Å². The van der Waals surface area contributed by atoms with E-state index in [4.69, 9.17) is 10.5 Å². The van der Waals surface area contributed by atoms with Gasteiger partial charge in [-0.15, -0.1) is 0 Å². The minimum absolute atomic E-state index is 0.173. The summed E-state index contributed by atoms with van der Waals surface area (Å²) in [6, 6.07) is 26.5. The summed E-state index contributed by atoms with van der Waals surface area (Å²) in [5, 5.41) is 0. The lowest BCUT2D eigenvalue weighted by Crippen LogP contribution is -2.39. The van der Waals surface area contributed by atoms with Gasteiger partial charge in [-0.2, -0.15) is 0 Å². The predicted octanol–water partition coefficient (Wildman–Crippen LogP) is 3.89. The van der Waals surface area contributed by atoms with Gasteiger partial charge in [0.1, 0.15) is 0 Å². The minimum atomic E-state index is -0.959. The smallest absolute Gasteiger partial charge is 0.397 e. The van der Waals surface area contributed by atoms with E-state index in [0.29, 0.717) is 13.1 Å². The molecule has 3 amide bonds. The molecule has 0 fully saturated rings. The van der Waals surface area contributed by atoms with Gasteiger partial charge in [0, 0.05) is 25.5 Å². The van der Waals surface area contributed by atoms with Crippen LogP contribution >= 0.6 is 0 Å². The van der Waals surface area contributed by atoms with Gasteiger partial charge >= 0.3 is 23.7 Å². The number of pyridine rings is 2. The van der Waals surface area contributed by atoms with Gasteiger partial charge in [0.15, 0.2) is 0 Å². The first kappa shape index (κ1) is 33.1. The molecule has 0 aliphatic carbocycles. The molecule has 0 radical (unpaired) electrons. The number of benzene rings is 2. The average molecular weight is 596 g/mol. The van der Waals surface area contributed by atoms with E-state index in [0.717, 1.165) is 33.6 Å². The van der Waals surface area contributed by atoms with E-state index in [-0.39, 0.29) is 19.7 Å². The van der Waals surface area contributed by atoms with Crippen LogP contribution in [0.3, 0.4) is 0 Å². The second-order valence-corrected chi connectivity index (χ2v) is 9.91. The SMILES string of the molecule is CCOC(=O)C(=O)N(Cc1ccccc1)Cc1ncccc1C.Cc1cccnc1CN(Cc1ccccc1)C(=O)C(N)=O. The third-order valence-electron chi connectivity index (χ3n) is 6.58. The molecule has 0 spiro atoms. The van der Waals surface area contributed by atoms with E-state index in [2.05, 4.69) is 9.97 Å². The van der Waals surface area contributed by atoms with Crippen LogP contribution in [0.15, 0.2) is 97.3 Å². The van der Waals surface area contributed by atoms with Crippen molar-refractivity contribution in [3.8, 4) is 0 Å². The van der Waals surface area contributed by atoms with Gasteiger partial charge in [0.25, 0.3) is 0 Å². The van der Waals surface area contributed by atoms with Crippen LogP contribution in [0.4, 0.5) is 0 Å². The molecule has 4 rings (SSSR count). The van der Waals surface area contributed by atoms with Crippen molar-refractivity contribution < 1.29 is 23.9 Å². The Kier molecular flexibility index (Phi) is 12.7. The van der Waals surface area contributed by atoms with Crippen molar-refractivity contribution >= 4 is 23.7 Å². The number of hydrogen-bond acceptors (Lipinski definition) is 7. The number of primary amides is 1. The molecule has 0 saturated carbocycles. The van der Waals surface area contributed by atoms with Gasteiger partial charge in [-0.3, -0.25) is 24.4 Å². The monoisotopic (exact) mass is 595 g/mol. The van der Waals surface area contributed by atoms with Crippen molar-refractivity contribution in [1.29, 1.82) is 0 Å². The molecule has 2 N–H and O–H groups in total. The quantitative estimate of drug-likeness (QED) is 0.229. The van der Waals surface area contributed by atoms with Crippen LogP contribution in [0.2, 0.25) is 0 Å². The average Bonchev–Trinajstić information content (AvgIpc) is 3.03. The van der Waals surface area contributed by atoms with E-state index in [1.54, 1.807) is 19.3 Å². The molecular weight excluding hydrogens is 558 g/mol. The van der Waals surface area contributed by atoms with Crippen molar-refractivity contribution in [2.45, 2.75) is 47.0 Å². The first-order chi connectivity index (χ1) is 21.2. The van der Waals surface area contributed by atoms with Gasteiger partial charge in [0.2, 0.25) is 0 Å². The fourth-order valence-electron chi connectivity index (χ4n) is 4.21. The normalized spacial score (nSPS) is 10.2. The lowest BCUT2D eigenvalue weighted by atomic mass is 10.1. The predicted molar refractivity (Wildman–Crippen MR) is 165 cm³/mol. The summed E-state index contributed by atoms with van der Waals surface area (Å²) in [5.41, 5.74) is 10.5. The number of ether oxygens (including phenoxy) is 1. The standard InChI is InChI=1S/C18H20N2O3.C16H17N3O2/c1-3-23-18(22)17(21)20(12-15-9-5-4-6-10-15)13-16-14(2)8-7-11-19-16;1-12-6-5-9-18-14(12)11-19(16(21)15(17)20)10-13-7-3-2-4-8-13/h4-11H,3,12-13H2,1-2H3;2-9H,10-11H2,1H3,(H2,17,20). The highest BCUT2D eigenvalue weighted by Crippen LogP contribution is 2.13. The first-order valence-electron chi connectivity index (χ1n) is 14.1. The molecule has 2 aromatic carbocycles. The van der Waals surface area contributed by atoms with Crippen LogP contribution in [-0.4, -0.2) is 50.1 Å². The summed E-state index contributed by atoms with van der Waals surface area (Å²) in [4.78, 5) is 58.8. The molecule has 4 aromatic rings. The summed E-state index contributed by atoms with van der Waals surface area (Å²) in [6.07, 6.45) is 3.34. The molecule has 10 heteroatoms. The lowest BCUT2D eigenvalue weighted by Gasteiger charge is -2.22. The molecule has 0 unspecified atom stereocenters. The van der Waals surface area contributed by atoms with Gasteiger partial charge < -0.3 is 20.3 Å². The number of nitrogens with zero attached hydrogens (tertiary/aromatic N) is 4. The Morgan fingerprint density at radius 2 is 1.07 bits per heavy atom. The molecule has 10 nitrogen and oxygen atoms in total. The van der Waals surface area contributed by atoms with Gasteiger partial charge in [-0.1, -0.05) is 72.8 Å². The molecule has 2 heterocycles. The van der Waals surface area contributed by atoms with Gasteiger partial charge in [0.05, 0.1) is 31.1 Å². The van der Waals surface area contributed by atoms with E-state index in [9.17, 15) is 19.2 Å². The maximum absolute atomic E-state index is 12.4. The summed E-state index contributed by atoms with van der Waals surface area (Å²) in [6.45, 7) is 6.85. The third kappa shape index (κ3) is 10.2. The fourth-order valence-corrected chi connectivity index (χ4v) is 4.21. The summed E-state index contributed by atoms with van der Waals surface area (Å²) in [5.74, 6) is -3.15. The largest absolute Gasteiger partial charge is 0.459 e. The molecule has 0 bridgehead atoms. The van der Waals surface area contributed by atoms with Crippen LogP contribution in [0.1, 0.15) is 40.6 Å². The van der Waals surface area contributed by atoms with E-state index in [1.807, 2.05) is 98.8 Å². The Bertz CT molecular complexity index is 1550. The first-order valence-corrected chi connectivity index (χ1v) is 14.1. The molecule has 0 atom stereocenters. The Labute approximate surface area is 257 Å². The Balaban J connectivity index is 0.000000241.